The number of carboxylic acids is 1. The largest absolute Gasteiger partial charge is 0.480 e. The smallest absolute Gasteiger partial charge is 0.318 e. The van der Waals surface area contributed by atoms with Crippen LogP contribution in [0.15, 0.2) is 12.5 Å². The quantitative estimate of drug-likeness (QED) is 0.378. The van der Waals surface area contributed by atoms with Gasteiger partial charge in [-0.3, -0.25) is 24.5 Å². The molecule has 2 unspecified atom stereocenters. The van der Waals surface area contributed by atoms with Gasteiger partial charge in [0, 0.05) is 31.3 Å². The van der Waals surface area contributed by atoms with E-state index in [0.717, 1.165) is 11.8 Å². The lowest BCUT2D eigenvalue weighted by Gasteiger charge is -2.22. The number of nitrogens with zero attached hydrogens (tertiary/aromatic N) is 1. The number of rotatable bonds is 7. The van der Waals surface area contributed by atoms with Crippen molar-refractivity contribution in [3.8, 4) is 0 Å². The third-order valence-electron chi connectivity index (χ3n) is 4.27. The number of hydrogen-bond donors (Lipinski definition) is 5. The molecule has 2 aliphatic rings. The Bertz CT molecular complexity index is 709. The van der Waals surface area contributed by atoms with Crippen molar-refractivity contribution in [2.75, 3.05) is 6.54 Å². The van der Waals surface area contributed by atoms with E-state index in [1.165, 1.54) is 6.33 Å². The molecule has 11 heteroatoms. The van der Waals surface area contributed by atoms with Gasteiger partial charge in [0.1, 0.15) is 16.7 Å². The number of thioether (sulfide) groups is 1. The average molecular weight is 381 g/mol. The summed E-state index contributed by atoms with van der Waals surface area (Å²) in [6, 6.07) is -1.52. The first-order valence-corrected chi connectivity index (χ1v) is 9.10. The second kappa shape index (κ2) is 7.87. The molecular weight excluding hydrogens is 362 g/mol. The molecule has 0 bridgehead atoms. The van der Waals surface area contributed by atoms with Gasteiger partial charge in [-0.2, -0.15) is 0 Å². The maximum Gasteiger partial charge on any atom is 0.318 e. The summed E-state index contributed by atoms with van der Waals surface area (Å²) in [5.41, 5.74) is 0.664. The van der Waals surface area contributed by atoms with Gasteiger partial charge in [-0.1, -0.05) is 0 Å². The molecule has 0 radical (unpaired) electrons. The highest BCUT2D eigenvalue weighted by molar-refractivity contribution is 8.02. The topological polar surface area (TPSA) is 153 Å². The summed E-state index contributed by atoms with van der Waals surface area (Å²) in [7, 11) is 0. The van der Waals surface area contributed by atoms with Crippen LogP contribution in [0, 0.1) is 0 Å². The van der Waals surface area contributed by atoms with E-state index in [9.17, 15) is 19.2 Å². The van der Waals surface area contributed by atoms with Crippen LogP contribution in [-0.2, 0) is 25.6 Å². The maximum atomic E-state index is 12.8. The van der Waals surface area contributed by atoms with Gasteiger partial charge in [-0.05, 0) is 6.42 Å². The summed E-state index contributed by atoms with van der Waals surface area (Å²) >= 11 is 1.02. The van der Waals surface area contributed by atoms with Gasteiger partial charge in [0.25, 0.3) is 0 Å². The minimum atomic E-state index is -0.986. The lowest BCUT2D eigenvalue weighted by molar-refractivity contribution is -0.136. The van der Waals surface area contributed by atoms with E-state index in [-0.39, 0.29) is 31.1 Å². The zero-order valence-electron chi connectivity index (χ0n) is 13.7. The summed E-state index contributed by atoms with van der Waals surface area (Å²) < 4.78 is 0. The highest BCUT2D eigenvalue weighted by atomic mass is 32.2. The number of carbonyl (C=O) groups excluding carboxylic acids is 3. The minimum Gasteiger partial charge on any atom is -0.480 e. The molecule has 26 heavy (non-hydrogen) atoms. The van der Waals surface area contributed by atoms with E-state index in [4.69, 9.17) is 5.11 Å². The fourth-order valence-corrected chi connectivity index (χ4v) is 4.02. The molecule has 4 atom stereocenters. The van der Waals surface area contributed by atoms with Gasteiger partial charge >= 0.3 is 5.97 Å². The Labute approximate surface area is 152 Å². The molecule has 2 aliphatic heterocycles. The summed E-state index contributed by atoms with van der Waals surface area (Å²) in [6.45, 7) is 0.180. The zero-order valence-corrected chi connectivity index (χ0v) is 14.5. The number of carboxylic acid groups (broad SMARTS) is 1. The van der Waals surface area contributed by atoms with Crippen LogP contribution >= 0.6 is 11.8 Å². The van der Waals surface area contributed by atoms with Gasteiger partial charge in [0.15, 0.2) is 5.78 Å². The number of Topliss-reactive ketones (excluding diaryl/α,β-unsaturated/α-hetero) is 1. The summed E-state index contributed by atoms with van der Waals surface area (Å²) in [6.07, 6.45) is 3.88. The number of aromatic amines is 1. The third kappa shape index (κ3) is 4.22. The molecule has 0 spiro atoms. The molecule has 2 saturated heterocycles. The Balaban J connectivity index is 1.68. The Morgan fingerprint density at radius 1 is 1.42 bits per heavy atom. The Kier molecular flexibility index (Phi) is 5.57. The van der Waals surface area contributed by atoms with E-state index in [2.05, 4.69) is 25.9 Å². The van der Waals surface area contributed by atoms with Crippen molar-refractivity contribution < 1.29 is 24.3 Å². The van der Waals surface area contributed by atoms with E-state index in [0.29, 0.717) is 12.1 Å². The number of ketones is 1. The first-order chi connectivity index (χ1) is 12.4. The molecule has 0 aliphatic carbocycles. The fourth-order valence-electron chi connectivity index (χ4n) is 2.89. The number of H-pyrrole nitrogens is 1. The SMILES string of the molecule is O=C1CC[C@@H](C(=O)N[C@@H](Cc2cnc[nH]2)C(=O)C2NCC(C(=O)O)S2)N1. The highest BCUT2D eigenvalue weighted by Gasteiger charge is 2.39. The van der Waals surface area contributed by atoms with Crippen LogP contribution in [0.25, 0.3) is 0 Å². The van der Waals surface area contributed by atoms with Gasteiger partial charge in [-0.15, -0.1) is 11.8 Å². The van der Waals surface area contributed by atoms with Gasteiger partial charge in [-0.25, -0.2) is 4.98 Å². The van der Waals surface area contributed by atoms with Crippen LogP contribution in [0.4, 0.5) is 0 Å². The van der Waals surface area contributed by atoms with Crippen LogP contribution in [0.3, 0.4) is 0 Å². The molecule has 3 rings (SSSR count). The van der Waals surface area contributed by atoms with E-state index < -0.39 is 34.6 Å². The Morgan fingerprint density at radius 2 is 2.23 bits per heavy atom. The Morgan fingerprint density at radius 3 is 2.81 bits per heavy atom. The predicted molar refractivity (Wildman–Crippen MR) is 91.2 cm³/mol. The lowest BCUT2D eigenvalue weighted by atomic mass is 10.1. The molecule has 0 aromatic carbocycles. The molecule has 0 saturated carbocycles. The molecule has 10 nitrogen and oxygen atoms in total. The normalized spacial score (nSPS) is 26.3. The Hall–Kier alpha value is -2.40. The molecule has 5 N–H and O–H groups in total. The molecule has 1 aromatic heterocycles. The van der Waals surface area contributed by atoms with Crippen molar-refractivity contribution in [3.05, 3.63) is 18.2 Å². The number of hydrogen-bond acceptors (Lipinski definition) is 7. The van der Waals surface area contributed by atoms with Crippen molar-refractivity contribution >= 4 is 35.3 Å². The third-order valence-corrected chi connectivity index (χ3v) is 5.64. The second-order valence-electron chi connectivity index (χ2n) is 6.15. The van der Waals surface area contributed by atoms with Crippen molar-refractivity contribution in [1.82, 2.24) is 25.9 Å². The molecule has 2 amide bonds. The number of imidazole rings is 1. The standard InChI is InChI=1S/C15H19N5O5S/c21-11-2-1-8(19-11)13(23)20-9(3-7-4-16-6-18-7)12(22)14-17-5-10(26-14)15(24)25/h4,6,8-10,14,17H,1-3,5H2,(H,16,18)(H,19,21)(H,20,23)(H,24,25)/t8-,9-,10?,14?/m0/s1. The summed E-state index contributed by atoms with van der Waals surface area (Å²) in [4.78, 5) is 54.4. The second-order valence-corrected chi connectivity index (χ2v) is 7.47. The number of nitrogens with one attached hydrogen (secondary N) is 4. The van der Waals surface area contributed by atoms with E-state index in [1.54, 1.807) is 6.20 Å². The van der Waals surface area contributed by atoms with Crippen molar-refractivity contribution in [2.24, 2.45) is 0 Å². The van der Waals surface area contributed by atoms with Crippen LogP contribution in [0.1, 0.15) is 18.5 Å². The molecular formula is C15H19N5O5S. The minimum absolute atomic E-state index is 0.180. The molecule has 140 valence electrons. The first-order valence-electron chi connectivity index (χ1n) is 8.16. The fraction of sp³-hybridized carbons (Fsp3) is 0.533. The average Bonchev–Trinajstić information content (AvgIpc) is 3.34. The summed E-state index contributed by atoms with van der Waals surface area (Å²) in [5.74, 6) is -1.92. The lowest BCUT2D eigenvalue weighted by Crippen LogP contribution is -2.52. The van der Waals surface area contributed by atoms with Gasteiger partial charge < -0.3 is 20.7 Å². The van der Waals surface area contributed by atoms with Crippen molar-refractivity contribution in [3.63, 3.8) is 0 Å². The molecule has 3 heterocycles. The van der Waals surface area contributed by atoms with Crippen LogP contribution < -0.4 is 16.0 Å². The van der Waals surface area contributed by atoms with Crippen molar-refractivity contribution in [1.29, 1.82) is 0 Å². The zero-order chi connectivity index (χ0) is 18.7. The van der Waals surface area contributed by atoms with Gasteiger partial charge in [0.05, 0.1) is 12.4 Å². The number of carbonyl (C=O) groups is 4. The van der Waals surface area contributed by atoms with Crippen molar-refractivity contribution in [2.45, 2.75) is 42.0 Å². The maximum absolute atomic E-state index is 12.8. The highest BCUT2D eigenvalue weighted by Crippen LogP contribution is 2.24. The predicted octanol–water partition coefficient (Wildman–Crippen LogP) is -1.60. The molecule has 2 fully saturated rings. The van der Waals surface area contributed by atoms with Crippen LogP contribution in [-0.4, -0.2) is 67.9 Å². The van der Waals surface area contributed by atoms with Crippen LogP contribution in [0.2, 0.25) is 0 Å². The van der Waals surface area contributed by atoms with Gasteiger partial charge in [0.2, 0.25) is 11.8 Å². The summed E-state index contributed by atoms with van der Waals surface area (Å²) in [5, 5.41) is 15.8. The monoisotopic (exact) mass is 381 g/mol. The first kappa shape index (κ1) is 18.4. The van der Waals surface area contributed by atoms with E-state index >= 15 is 0 Å². The number of aromatic nitrogens is 2. The molecule has 1 aromatic rings. The van der Waals surface area contributed by atoms with E-state index in [1.807, 2.05) is 0 Å². The van der Waals surface area contributed by atoms with Crippen LogP contribution in [0.5, 0.6) is 0 Å². The number of aliphatic carboxylic acids is 1. The number of amides is 2.